The van der Waals surface area contributed by atoms with Crippen LogP contribution < -0.4 is 0 Å². The highest BCUT2D eigenvalue weighted by Gasteiger charge is 2.21. The second-order valence-electron chi connectivity index (χ2n) is 4.47. The number of hydrogen-bond donors (Lipinski definition) is 0. The summed E-state index contributed by atoms with van der Waals surface area (Å²) in [6.07, 6.45) is 5.60. The Hall–Kier alpha value is 0.440. The molecule has 0 N–H and O–H groups in total. The van der Waals surface area contributed by atoms with Crippen molar-refractivity contribution in [2.45, 2.75) is 45.6 Å². The molecule has 0 aromatic carbocycles. The van der Waals surface area contributed by atoms with Gasteiger partial charge in [-0.05, 0) is 31.1 Å². The van der Waals surface area contributed by atoms with Crippen molar-refractivity contribution in [2.24, 2.45) is 5.41 Å². The van der Waals surface area contributed by atoms with E-state index in [0.29, 0.717) is 11.5 Å². The molecule has 72 valence electrons. The van der Waals surface area contributed by atoms with Crippen molar-refractivity contribution in [3.63, 3.8) is 0 Å². The predicted molar refractivity (Wildman–Crippen MR) is 55.8 cm³/mol. The van der Waals surface area contributed by atoms with Crippen molar-refractivity contribution in [1.82, 2.24) is 0 Å². The van der Waals surface area contributed by atoms with E-state index in [-0.39, 0.29) is 0 Å². The Morgan fingerprint density at radius 3 is 2.75 bits per heavy atom. The normalized spacial score (nSPS) is 24.8. The molecule has 1 aliphatic rings. The molecule has 0 aliphatic carbocycles. The Morgan fingerprint density at radius 2 is 2.25 bits per heavy atom. The van der Waals surface area contributed by atoms with Gasteiger partial charge in [0.15, 0.2) is 0 Å². The summed E-state index contributed by atoms with van der Waals surface area (Å²) >= 11 is 3.54. The van der Waals surface area contributed by atoms with Crippen LogP contribution in [0.3, 0.4) is 0 Å². The largest absolute Gasteiger partial charge is 0.378 e. The average molecular weight is 235 g/mol. The van der Waals surface area contributed by atoms with Gasteiger partial charge >= 0.3 is 0 Å². The Balaban J connectivity index is 2.15. The molecule has 0 aromatic heterocycles. The molecule has 0 aromatic rings. The van der Waals surface area contributed by atoms with Gasteiger partial charge in [0.25, 0.3) is 0 Å². The van der Waals surface area contributed by atoms with E-state index < -0.39 is 0 Å². The summed E-state index contributed by atoms with van der Waals surface area (Å²) in [6.45, 7) is 5.59. The fourth-order valence-corrected chi connectivity index (χ4v) is 1.77. The van der Waals surface area contributed by atoms with Crippen molar-refractivity contribution >= 4 is 15.9 Å². The zero-order valence-corrected chi connectivity index (χ0v) is 9.69. The first kappa shape index (κ1) is 10.5. The van der Waals surface area contributed by atoms with E-state index in [1.54, 1.807) is 0 Å². The molecule has 1 atom stereocenters. The minimum absolute atomic E-state index is 0.436. The standard InChI is InChI=1S/C10H19BrO/c1-10(2,8-11)6-5-9-4-3-7-12-9/h9H,3-8H2,1-2H3. The van der Waals surface area contributed by atoms with Crippen molar-refractivity contribution in [1.29, 1.82) is 0 Å². The van der Waals surface area contributed by atoms with E-state index in [4.69, 9.17) is 4.74 Å². The maximum atomic E-state index is 5.58. The molecule has 2 heteroatoms. The first-order valence-electron chi connectivity index (χ1n) is 4.82. The van der Waals surface area contributed by atoms with Gasteiger partial charge in [0.1, 0.15) is 0 Å². The highest BCUT2D eigenvalue weighted by molar-refractivity contribution is 9.09. The van der Waals surface area contributed by atoms with E-state index in [2.05, 4.69) is 29.8 Å². The molecule has 0 saturated carbocycles. The minimum Gasteiger partial charge on any atom is -0.378 e. The van der Waals surface area contributed by atoms with E-state index in [1.165, 1.54) is 25.7 Å². The molecule has 1 fully saturated rings. The molecule has 1 nitrogen and oxygen atoms in total. The Labute approximate surface area is 84.0 Å². The summed E-state index contributed by atoms with van der Waals surface area (Å²) in [5, 5.41) is 1.09. The maximum Gasteiger partial charge on any atom is 0.0576 e. The predicted octanol–water partition coefficient (Wildman–Crippen LogP) is 3.37. The van der Waals surface area contributed by atoms with Crippen molar-refractivity contribution < 1.29 is 4.74 Å². The van der Waals surface area contributed by atoms with Crippen LogP contribution in [0.25, 0.3) is 0 Å². The summed E-state index contributed by atoms with van der Waals surface area (Å²) < 4.78 is 5.58. The minimum atomic E-state index is 0.436. The smallest absolute Gasteiger partial charge is 0.0576 e. The van der Waals surface area contributed by atoms with Gasteiger partial charge in [0.05, 0.1) is 6.10 Å². The van der Waals surface area contributed by atoms with Crippen LogP contribution in [-0.2, 0) is 4.74 Å². The van der Waals surface area contributed by atoms with Crippen LogP contribution in [0.2, 0.25) is 0 Å². The average Bonchev–Trinajstić information content (AvgIpc) is 2.53. The van der Waals surface area contributed by atoms with Crippen molar-refractivity contribution in [3.05, 3.63) is 0 Å². The molecule has 1 saturated heterocycles. The SMILES string of the molecule is CC(C)(CBr)CCC1CCCO1. The molecule has 0 amide bonds. The van der Waals surface area contributed by atoms with Crippen LogP contribution in [0.1, 0.15) is 39.5 Å². The molecule has 0 spiro atoms. The Kier molecular flexibility index (Phi) is 4.04. The van der Waals surface area contributed by atoms with Crippen LogP contribution in [0.5, 0.6) is 0 Å². The number of alkyl halides is 1. The number of ether oxygens (including phenoxy) is 1. The zero-order chi connectivity index (χ0) is 9.03. The summed E-state index contributed by atoms with van der Waals surface area (Å²) in [7, 11) is 0. The molecule has 0 radical (unpaired) electrons. The third-order valence-corrected chi connectivity index (χ3v) is 4.05. The summed E-state index contributed by atoms with van der Waals surface area (Å²) in [5.41, 5.74) is 0.436. The number of rotatable bonds is 4. The van der Waals surface area contributed by atoms with Crippen molar-refractivity contribution in [2.75, 3.05) is 11.9 Å². The molecule has 1 unspecified atom stereocenters. The Morgan fingerprint density at radius 1 is 1.50 bits per heavy atom. The lowest BCUT2D eigenvalue weighted by Crippen LogP contribution is -2.16. The van der Waals surface area contributed by atoms with Gasteiger partial charge in [0.2, 0.25) is 0 Å². The van der Waals surface area contributed by atoms with Crippen LogP contribution in [0.4, 0.5) is 0 Å². The molecule has 1 heterocycles. The molecular formula is C10H19BrO. The second-order valence-corrected chi connectivity index (χ2v) is 5.03. The summed E-state index contributed by atoms with van der Waals surface area (Å²) in [4.78, 5) is 0. The lowest BCUT2D eigenvalue weighted by Gasteiger charge is -2.22. The topological polar surface area (TPSA) is 9.23 Å². The number of halogens is 1. The van der Waals surface area contributed by atoms with Crippen LogP contribution in [-0.4, -0.2) is 18.0 Å². The van der Waals surface area contributed by atoms with Gasteiger partial charge in [-0.25, -0.2) is 0 Å². The first-order chi connectivity index (χ1) is 5.64. The van der Waals surface area contributed by atoms with Gasteiger partial charge in [-0.1, -0.05) is 29.8 Å². The van der Waals surface area contributed by atoms with Gasteiger partial charge in [-0.2, -0.15) is 0 Å². The van der Waals surface area contributed by atoms with E-state index in [1.807, 2.05) is 0 Å². The summed E-state index contributed by atoms with van der Waals surface area (Å²) in [6, 6.07) is 0. The van der Waals surface area contributed by atoms with Gasteiger partial charge in [-0.15, -0.1) is 0 Å². The number of hydrogen-bond acceptors (Lipinski definition) is 1. The second kappa shape index (κ2) is 4.61. The fourth-order valence-electron chi connectivity index (χ4n) is 1.49. The lowest BCUT2D eigenvalue weighted by atomic mass is 9.89. The van der Waals surface area contributed by atoms with Crippen LogP contribution in [0, 0.1) is 5.41 Å². The lowest BCUT2D eigenvalue weighted by molar-refractivity contribution is 0.0939. The quantitative estimate of drug-likeness (QED) is 0.679. The molecule has 0 bridgehead atoms. The molecule has 1 rings (SSSR count). The van der Waals surface area contributed by atoms with E-state index >= 15 is 0 Å². The molecular weight excluding hydrogens is 216 g/mol. The highest BCUT2D eigenvalue weighted by atomic mass is 79.9. The molecule has 1 aliphatic heterocycles. The van der Waals surface area contributed by atoms with Gasteiger partial charge in [-0.3, -0.25) is 0 Å². The first-order valence-corrected chi connectivity index (χ1v) is 5.94. The summed E-state index contributed by atoms with van der Waals surface area (Å²) in [5.74, 6) is 0. The van der Waals surface area contributed by atoms with Crippen molar-refractivity contribution in [3.8, 4) is 0 Å². The van der Waals surface area contributed by atoms with Crippen LogP contribution in [0.15, 0.2) is 0 Å². The molecule has 12 heavy (non-hydrogen) atoms. The van der Waals surface area contributed by atoms with Gasteiger partial charge < -0.3 is 4.74 Å². The fraction of sp³-hybridized carbons (Fsp3) is 1.00. The van der Waals surface area contributed by atoms with E-state index in [0.717, 1.165) is 11.9 Å². The maximum absolute atomic E-state index is 5.58. The van der Waals surface area contributed by atoms with Crippen LogP contribution >= 0.6 is 15.9 Å². The monoisotopic (exact) mass is 234 g/mol. The zero-order valence-electron chi connectivity index (χ0n) is 8.11. The highest BCUT2D eigenvalue weighted by Crippen LogP contribution is 2.28. The van der Waals surface area contributed by atoms with E-state index in [9.17, 15) is 0 Å². The third-order valence-electron chi connectivity index (χ3n) is 2.53. The van der Waals surface area contributed by atoms with Gasteiger partial charge in [0, 0.05) is 11.9 Å². The third kappa shape index (κ3) is 3.44. The Bertz CT molecular complexity index is 128.